The van der Waals surface area contributed by atoms with Gasteiger partial charge in [-0.15, -0.1) is 11.3 Å². The lowest BCUT2D eigenvalue weighted by Crippen LogP contribution is -2.42. The topological polar surface area (TPSA) is 66.6 Å². The van der Waals surface area contributed by atoms with Crippen LogP contribution in [-0.4, -0.2) is 33.5 Å². The zero-order chi connectivity index (χ0) is 14.8. The summed E-state index contributed by atoms with van der Waals surface area (Å²) in [4.78, 5) is 18.0. The molecule has 0 aliphatic carbocycles. The van der Waals surface area contributed by atoms with E-state index in [0.717, 1.165) is 36.0 Å². The van der Waals surface area contributed by atoms with Crippen LogP contribution in [0.5, 0.6) is 0 Å². The maximum atomic E-state index is 11.1. The van der Waals surface area contributed by atoms with E-state index in [0.29, 0.717) is 6.42 Å². The summed E-state index contributed by atoms with van der Waals surface area (Å²) in [6.07, 6.45) is 3.08. The van der Waals surface area contributed by atoms with Crippen LogP contribution in [0.4, 0.5) is 0 Å². The molecular formula is C15H18N2O3S. The summed E-state index contributed by atoms with van der Waals surface area (Å²) in [5.41, 5.74) is 1.02. The number of furan rings is 1. The van der Waals surface area contributed by atoms with Crippen molar-refractivity contribution in [2.24, 2.45) is 5.92 Å². The first-order chi connectivity index (χ1) is 10.1. The molecule has 5 nitrogen and oxygen atoms in total. The van der Waals surface area contributed by atoms with Crippen molar-refractivity contribution in [2.45, 2.75) is 32.4 Å². The molecule has 1 aliphatic heterocycles. The van der Waals surface area contributed by atoms with Gasteiger partial charge in [-0.3, -0.25) is 9.69 Å². The minimum atomic E-state index is -0.671. The summed E-state index contributed by atoms with van der Waals surface area (Å²) in [5, 5.41) is 12.0. The molecular weight excluding hydrogens is 288 g/mol. The lowest BCUT2D eigenvalue weighted by molar-refractivity contribution is -0.144. The van der Waals surface area contributed by atoms with Gasteiger partial charge in [-0.1, -0.05) is 0 Å². The van der Waals surface area contributed by atoms with Crippen LogP contribution in [0.2, 0.25) is 0 Å². The van der Waals surface area contributed by atoms with E-state index in [4.69, 9.17) is 9.52 Å². The third kappa shape index (κ3) is 3.16. The predicted octanol–water partition coefficient (Wildman–Crippen LogP) is 3.09. The van der Waals surface area contributed by atoms with Crippen molar-refractivity contribution in [1.82, 2.24) is 9.88 Å². The Morgan fingerprint density at radius 2 is 2.48 bits per heavy atom. The minimum absolute atomic E-state index is 0.203. The van der Waals surface area contributed by atoms with E-state index in [9.17, 15) is 4.79 Å². The number of likely N-dealkylation sites (tertiary alicyclic amines) is 1. The Hall–Kier alpha value is -1.66. The van der Waals surface area contributed by atoms with Gasteiger partial charge >= 0.3 is 5.97 Å². The zero-order valence-corrected chi connectivity index (χ0v) is 12.7. The number of aliphatic carboxylic acids is 1. The van der Waals surface area contributed by atoms with Crippen molar-refractivity contribution in [3.05, 3.63) is 29.5 Å². The number of rotatable bonds is 4. The number of carboxylic acids is 1. The molecule has 0 aromatic carbocycles. The van der Waals surface area contributed by atoms with Crippen molar-refractivity contribution >= 4 is 17.3 Å². The SMILES string of the molecule is CC1CC(C(=O)O)CCN1Cc1csc(-c2ccco2)n1. The number of piperidine rings is 1. The highest BCUT2D eigenvalue weighted by atomic mass is 32.1. The summed E-state index contributed by atoms with van der Waals surface area (Å²) >= 11 is 1.58. The van der Waals surface area contributed by atoms with Gasteiger partial charge in [0.2, 0.25) is 0 Å². The van der Waals surface area contributed by atoms with Crippen LogP contribution in [-0.2, 0) is 11.3 Å². The Labute approximate surface area is 127 Å². The van der Waals surface area contributed by atoms with E-state index in [2.05, 4.69) is 16.8 Å². The van der Waals surface area contributed by atoms with Gasteiger partial charge in [0.25, 0.3) is 0 Å². The molecule has 1 saturated heterocycles. The lowest BCUT2D eigenvalue weighted by atomic mass is 9.92. The molecule has 6 heteroatoms. The van der Waals surface area contributed by atoms with Crippen LogP contribution < -0.4 is 0 Å². The molecule has 3 heterocycles. The first kappa shape index (κ1) is 14.3. The molecule has 1 aliphatic rings. The Kier molecular flexibility index (Phi) is 4.07. The molecule has 0 bridgehead atoms. The molecule has 112 valence electrons. The number of hydrogen-bond donors (Lipinski definition) is 1. The van der Waals surface area contributed by atoms with Gasteiger partial charge in [0.05, 0.1) is 17.9 Å². The van der Waals surface area contributed by atoms with Crippen molar-refractivity contribution in [1.29, 1.82) is 0 Å². The molecule has 0 amide bonds. The maximum Gasteiger partial charge on any atom is 0.306 e. The van der Waals surface area contributed by atoms with Gasteiger partial charge in [-0.25, -0.2) is 4.98 Å². The molecule has 0 radical (unpaired) electrons. The smallest absolute Gasteiger partial charge is 0.306 e. The number of aromatic nitrogens is 1. The van der Waals surface area contributed by atoms with E-state index in [-0.39, 0.29) is 12.0 Å². The maximum absolute atomic E-state index is 11.1. The fourth-order valence-corrected chi connectivity index (χ4v) is 3.56. The standard InChI is InChI=1S/C15H18N2O3S/c1-10-7-11(15(18)19)4-5-17(10)8-12-9-21-14(16-12)13-3-2-6-20-13/h2-3,6,9-11H,4-5,7-8H2,1H3,(H,18,19). The predicted molar refractivity (Wildman–Crippen MR) is 80.0 cm³/mol. The molecule has 1 N–H and O–H groups in total. The Balaban J connectivity index is 1.63. The minimum Gasteiger partial charge on any atom is -0.481 e. The number of carbonyl (C=O) groups is 1. The summed E-state index contributed by atoms with van der Waals surface area (Å²) in [6.45, 7) is 3.67. The van der Waals surface area contributed by atoms with Crippen LogP contribution in [0.1, 0.15) is 25.5 Å². The van der Waals surface area contributed by atoms with E-state index in [1.165, 1.54) is 0 Å². The average molecular weight is 306 g/mol. The second-order valence-corrected chi connectivity index (χ2v) is 6.36. The lowest BCUT2D eigenvalue weighted by Gasteiger charge is -2.35. The first-order valence-corrected chi connectivity index (χ1v) is 7.96. The molecule has 0 saturated carbocycles. The molecule has 2 aromatic heterocycles. The fourth-order valence-electron chi connectivity index (χ4n) is 2.78. The van der Waals surface area contributed by atoms with E-state index in [1.54, 1.807) is 17.6 Å². The number of nitrogens with zero attached hydrogens (tertiary/aromatic N) is 2. The molecule has 1 fully saturated rings. The monoisotopic (exact) mass is 306 g/mol. The van der Waals surface area contributed by atoms with Crippen molar-refractivity contribution in [2.75, 3.05) is 6.54 Å². The Bertz CT molecular complexity index is 608. The van der Waals surface area contributed by atoms with Gasteiger partial charge in [0.1, 0.15) is 0 Å². The Morgan fingerprint density at radius 1 is 1.62 bits per heavy atom. The summed E-state index contributed by atoms with van der Waals surface area (Å²) in [7, 11) is 0. The van der Waals surface area contributed by atoms with Crippen molar-refractivity contribution in [3.8, 4) is 10.8 Å². The van der Waals surface area contributed by atoms with Crippen LogP contribution >= 0.6 is 11.3 Å². The van der Waals surface area contributed by atoms with Crippen molar-refractivity contribution < 1.29 is 14.3 Å². The fraction of sp³-hybridized carbons (Fsp3) is 0.467. The van der Waals surface area contributed by atoms with Crippen LogP contribution in [0, 0.1) is 5.92 Å². The second kappa shape index (κ2) is 5.99. The summed E-state index contributed by atoms with van der Waals surface area (Å²) < 4.78 is 5.35. The Morgan fingerprint density at radius 3 is 3.14 bits per heavy atom. The summed E-state index contributed by atoms with van der Waals surface area (Å²) in [6, 6.07) is 4.03. The molecule has 21 heavy (non-hydrogen) atoms. The zero-order valence-electron chi connectivity index (χ0n) is 11.9. The van der Waals surface area contributed by atoms with Crippen LogP contribution in [0.3, 0.4) is 0 Å². The van der Waals surface area contributed by atoms with Gasteiger partial charge in [-0.2, -0.15) is 0 Å². The largest absolute Gasteiger partial charge is 0.481 e. The van der Waals surface area contributed by atoms with Gasteiger partial charge < -0.3 is 9.52 Å². The number of hydrogen-bond acceptors (Lipinski definition) is 5. The summed E-state index contributed by atoms with van der Waals surface area (Å²) in [5.74, 6) is -0.0792. The van der Waals surface area contributed by atoms with Gasteiger partial charge in [0, 0.05) is 18.0 Å². The molecule has 3 rings (SSSR count). The third-order valence-corrected chi connectivity index (χ3v) is 4.92. The molecule has 2 atom stereocenters. The normalized spacial score (nSPS) is 23.3. The first-order valence-electron chi connectivity index (χ1n) is 7.08. The quantitative estimate of drug-likeness (QED) is 0.940. The van der Waals surface area contributed by atoms with Gasteiger partial charge in [-0.05, 0) is 38.4 Å². The highest BCUT2D eigenvalue weighted by molar-refractivity contribution is 7.13. The molecule has 0 spiro atoms. The van der Waals surface area contributed by atoms with E-state index in [1.807, 2.05) is 17.5 Å². The van der Waals surface area contributed by atoms with Crippen LogP contribution in [0.25, 0.3) is 10.8 Å². The molecule has 2 aromatic rings. The second-order valence-electron chi connectivity index (χ2n) is 5.50. The van der Waals surface area contributed by atoms with E-state index >= 15 is 0 Å². The highest BCUT2D eigenvalue weighted by Gasteiger charge is 2.29. The highest BCUT2D eigenvalue weighted by Crippen LogP contribution is 2.27. The molecule has 2 unspecified atom stereocenters. The average Bonchev–Trinajstić information content (AvgIpc) is 3.11. The number of thiazole rings is 1. The third-order valence-electron chi connectivity index (χ3n) is 4.01. The van der Waals surface area contributed by atoms with E-state index < -0.39 is 5.97 Å². The van der Waals surface area contributed by atoms with Crippen LogP contribution in [0.15, 0.2) is 28.2 Å². The van der Waals surface area contributed by atoms with Gasteiger partial charge in [0.15, 0.2) is 10.8 Å². The number of carboxylic acid groups (broad SMARTS) is 1. The van der Waals surface area contributed by atoms with Crippen molar-refractivity contribution in [3.63, 3.8) is 0 Å².